The summed E-state index contributed by atoms with van der Waals surface area (Å²) in [5.74, 6) is -0.156. The van der Waals surface area contributed by atoms with E-state index in [-0.39, 0.29) is 5.69 Å². The molecule has 0 spiro atoms. The number of alkyl halides is 1. The molecule has 0 atom stereocenters. The second kappa shape index (κ2) is 5.01. The molecule has 2 aromatic rings. The summed E-state index contributed by atoms with van der Waals surface area (Å²) >= 11 is 0. The summed E-state index contributed by atoms with van der Waals surface area (Å²) < 4.78 is 25.5. The molecule has 2 heterocycles. The van der Waals surface area contributed by atoms with E-state index >= 15 is 0 Å². The van der Waals surface area contributed by atoms with Gasteiger partial charge in [-0.1, -0.05) is 0 Å². The minimum absolute atomic E-state index is 0.0625. The normalized spacial score (nSPS) is 14.0. The van der Waals surface area contributed by atoms with Crippen LogP contribution in [0, 0.1) is 0 Å². The number of carboxylic acids is 1. The maximum absolute atomic E-state index is 14.6. The molecule has 0 amide bonds. The van der Waals surface area contributed by atoms with E-state index in [1.165, 1.54) is 19.9 Å². The van der Waals surface area contributed by atoms with Crippen LogP contribution >= 0.6 is 0 Å². The summed E-state index contributed by atoms with van der Waals surface area (Å²) in [6.07, 6.45) is 0. The third-order valence-corrected chi connectivity index (χ3v) is 3.41. The molecule has 0 saturated carbocycles. The maximum Gasteiger partial charge on any atom is 0.353 e. The van der Waals surface area contributed by atoms with Crippen molar-refractivity contribution in [1.82, 2.24) is 10.2 Å². The SMILES string of the molecule is CC(C)(F)c1cc2c(cc1-c1cc(C(=O)O)[nH]n1)OCCO2. The fourth-order valence-electron chi connectivity index (χ4n) is 2.36. The highest BCUT2D eigenvalue weighted by molar-refractivity contribution is 5.87. The lowest BCUT2D eigenvalue weighted by Gasteiger charge is -2.24. The first kappa shape index (κ1) is 14.4. The number of aromatic carboxylic acids is 1. The first-order chi connectivity index (χ1) is 10.4. The molecule has 3 rings (SSSR count). The molecule has 7 heteroatoms. The number of ether oxygens (including phenoxy) is 2. The summed E-state index contributed by atoms with van der Waals surface area (Å²) in [7, 11) is 0. The third-order valence-electron chi connectivity index (χ3n) is 3.41. The van der Waals surface area contributed by atoms with Crippen LogP contribution in [0.3, 0.4) is 0 Å². The van der Waals surface area contributed by atoms with Crippen LogP contribution in [0.4, 0.5) is 4.39 Å². The minimum Gasteiger partial charge on any atom is -0.486 e. The number of hydrogen-bond donors (Lipinski definition) is 2. The molecule has 1 aliphatic rings. The van der Waals surface area contributed by atoms with E-state index in [1.54, 1.807) is 12.1 Å². The number of rotatable bonds is 3. The van der Waals surface area contributed by atoms with Crippen LogP contribution < -0.4 is 9.47 Å². The van der Waals surface area contributed by atoms with Gasteiger partial charge in [0.25, 0.3) is 0 Å². The van der Waals surface area contributed by atoms with Crippen molar-refractivity contribution in [3.05, 3.63) is 29.5 Å². The fraction of sp³-hybridized carbons (Fsp3) is 0.333. The predicted molar refractivity (Wildman–Crippen MR) is 76.1 cm³/mol. The van der Waals surface area contributed by atoms with Crippen LogP contribution in [0.25, 0.3) is 11.3 Å². The second-order valence-corrected chi connectivity index (χ2v) is 5.49. The van der Waals surface area contributed by atoms with Crippen LogP contribution in [0.15, 0.2) is 18.2 Å². The monoisotopic (exact) mass is 306 g/mol. The molecule has 0 radical (unpaired) electrons. The zero-order valence-corrected chi connectivity index (χ0v) is 12.1. The molecular formula is C15H15FN2O4. The fourth-order valence-corrected chi connectivity index (χ4v) is 2.36. The van der Waals surface area contributed by atoms with Gasteiger partial charge in [-0.25, -0.2) is 9.18 Å². The van der Waals surface area contributed by atoms with Crippen LogP contribution in [-0.4, -0.2) is 34.5 Å². The van der Waals surface area contributed by atoms with E-state index in [4.69, 9.17) is 14.6 Å². The second-order valence-electron chi connectivity index (χ2n) is 5.49. The number of benzene rings is 1. The molecule has 1 aromatic heterocycles. The molecule has 0 unspecified atom stereocenters. The Hall–Kier alpha value is -2.57. The third kappa shape index (κ3) is 2.49. The van der Waals surface area contributed by atoms with E-state index in [0.717, 1.165) is 0 Å². The number of carbonyl (C=O) groups is 1. The Bertz CT molecular complexity index is 734. The first-order valence-corrected chi connectivity index (χ1v) is 6.78. The number of hydrogen-bond acceptors (Lipinski definition) is 4. The van der Waals surface area contributed by atoms with Crippen molar-refractivity contribution in [3.8, 4) is 22.8 Å². The number of fused-ring (bicyclic) bond motifs is 1. The molecule has 0 aliphatic carbocycles. The van der Waals surface area contributed by atoms with Crippen molar-refractivity contribution in [2.75, 3.05) is 13.2 Å². The molecule has 0 fully saturated rings. The largest absolute Gasteiger partial charge is 0.486 e. The molecule has 116 valence electrons. The van der Waals surface area contributed by atoms with E-state index in [0.29, 0.717) is 41.5 Å². The lowest BCUT2D eigenvalue weighted by Crippen LogP contribution is -2.18. The number of nitrogens with one attached hydrogen (secondary N) is 1. The number of aromatic amines is 1. The van der Waals surface area contributed by atoms with Crippen molar-refractivity contribution in [1.29, 1.82) is 0 Å². The number of carboxylic acid groups (broad SMARTS) is 1. The molecule has 0 bridgehead atoms. The highest BCUT2D eigenvalue weighted by Crippen LogP contribution is 2.42. The number of H-pyrrole nitrogens is 1. The standard InChI is InChI=1S/C15H15FN2O4/c1-15(2,16)9-6-13-12(21-3-4-22-13)5-8(9)10-7-11(14(19)20)18-17-10/h5-7H,3-4H2,1-2H3,(H,17,18)(H,19,20). The van der Waals surface area contributed by atoms with Gasteiger partial charge in [0.05, 0.1) is 5.69 Å². The summed E-state index contributed by atoms with van der Waals surface area (Å²) in [6, 6.07) is 4.58. The summed E-state index contributed by atoms with van der Waals surface area (Å²) in [6.45, 7) is 3.66. The zero-order valence-electron chi connectivity index (χ0n) is 12.1. The molecule has 2 N–H and O–H groups in total. The van der Waals surface area contributed by atoms with Crippen LogP contribution in [0.1, 0.15) is 29.9 Å². The van der Waals surface area contributed by atoms with Gasteiger partial charge in [0.1, 0.15) is 24.6 Å². The Morgan fingerprint density at radius 2 is 1.91 bits per heavy atom. The van der Waals surface area contributed by atoms with Crippen molar-refractivity contribution in [2.24, 2.45) is 0 Å². The van der Waals surface area contributed by atoms with Crippen LogP contribution in [0.5, 0.6) is 11.5 Å². The van der Waals surface area contributed by atoms with E-state index in [1.807, 2.05) is 0 Å². The Balaban J connectivity index is 2.17. The lowest BCUT2D eigenvalue weighted by atomic mass is 9.92. The van der Waals surface area contributed by atoms with Gasteiger partial charge in [-0.2, -0.15) is 5.10 Å². The van der Waals surface area contributed by atoms with Gasteiger partial charge in [0.15, 0.2) is 11.5 Å². The van der Waals surface area contributed by atoms with Gasteiger partial charge in [-0.3, -0.25) is 5.10 Å². The van der Waals surface area contributed by atoms with Gasteiger partial charge >= 0.3 is 5.97 Å². The van der Waals surface area contributed by atoms with Crippen molar-refractivity contribution >= 4 is 5.97 Å². The van der Waals surface area contributed by atoms with Crippen molar-refractivity contribution in [2.45, 2.75) is 19.5 Å². The lowest BCUT2D eigenvalue weighted by molar-refractivity contribution is 0.0690. The van der Waals surface area contributed by atoms with Crippen LogP contribution in [-0.2, 0) is 5.67 Å². The van der Waals surface area contributed by atoms with E-state index in [2.05, 4.69) is 10.2 Å². The average Bonchev–Trinajstić information content (AvgIpc) is 2.95. The molecule has 1 aliphatic heterocycles. The van der Waals surface area contributed by atoms with Gasteiger partial charge in [0, 0.05) is 11.1 Å². The summed E-state index contributed by atoms with van der Waals surface area (Å²) in [4.78, 5) is 11.0. The molecule has 1 aromatic carbocycles. The minimum atomic E-state index is -1.65. The maximum atomic E-state index is 14.6. The molecule has 0 saturated heterocycles. The smallest absolute Gasteiger partial charge is 0.353 e. The number of nitrogens with zero attached hydrogens (tertiary/aromatic N) is 1. The Morgan fingerprint density at radius 1 is 1.27 bits per heavy atom. The van der Waals surface area contributed by atoms with Crippen molar-refractivity contribution in [3.63, 3.8) is 0 Å². The number of halogens is 1. The summed E-state index contributed by atoms with van der Waals surface area (Å²) in [5, 5.41) is 15.4. The highest BCUT2D eigenvalue weighted by Gasteiger charge is 2.28. The predicted octanol–water partition coefficient (Wildman–Crippen LogP) is 2.75. The Labute approximate surface area is 125 Å². The molecule has 6 nitrogen and oxygen atoms in total. The van der Waals surface area contributed by atoms with Gasteiger partial charge in [0.2, 0.25) is 0 Å². The summed E-state index contributed by atoms with van der Waals surface area (Å²) in [5.41, 5.74) is -0.531. The molecular weight excluding hydrogens is 291 g/mol. The number of aromatic nitrogens is 2. The van der Waals surface area contributed by atoms with Crippen LogP contribution in [0.2, 0.25) is 0 Å². The quantitative estimate of drug-likeness (QED) is 0.911. The highest BCUT2D eigenvalue weighted by atomic mass is 19.1. The zero-order chi connectivity index (χ0) is 15.9. The van der Waals surface area contributed by atoms with E-state index in [9.17, 15) is 9.18 Å². The Morgan fingerprint density at radius 3 is 2.45 bits per heavy atom. The van der Waals surface area contributed by atoms with Gasteiger partial charge < -0.3 is 14.6 Å². The Kier molecular flexibility index (Phi) is 3.27. The molecule has 22 heavy (non-hydrogen) atoms. The topological polar surface area (TPSA) is 84.4 Å². The van der Waals surface area contributed by atoms with Crippen molar-refractivity contribution < 1.29 is 23.8 Å². The first-order valence-electron chi connectivity index (χ1n) is 6.78. The van der Waals surface area contributed by atoms with Gasteiger partial charge in [-0.15, -0.1) is 0 Å². The van der Waals surface area contributed by atoms with Gasteiger partial charge in [-0.05, 0) is 32.0 Å². The van der Waals surface area contributed by atoms with E-state index < -0.39 is 11.6 Å². The average molecular weight is 306 g/mol.